The van der Waals surface area contributed by atoms with Crippen LogP contribution in [0.25, 0.3) is 0 Å². The summed E-state index contributed by atoms with van der Waals surface area (Å²) in [6, 6.07) is 1.41. The van der Waals surface area contributed by atoms with E-state index in [4.69, 9.17) is 4.74 Å². The van der Waals surface area contributed by atoms with E-state index >= 15 is 0 Å². The Hall–Kier alpha value is -0.0800. The van der Waals surface area contributed by atoms with E-state index in [-0.39, 0.29) is 0 Å². The Bertz CT molecular complexity index is 201. The molecule has 2 aliphatic carbocycles. The Morgan fingerprint density at radius 3 is 2.50 bits per heavy atom. The molecule has 16 heavy (non-hydrogen) atoms. The molecule has 2 fully saturated rings. The largest absolute Gasteiger partial charge is 0.381 e. The summed E-state index contributed by atoms with van der Waals surface area (Å²) >= 11 is 0. The van der Waals surface area contributed by atoms with Crippen LogP contribution >= 0.6 is 0 Å². The van der Waals surface area contributed by atoms with Gasteiger partial charge in [-0.2, -0.15) is 0 Å². The second-order valence-electron chi connectivity index (χ2n) is 5.72. The third-order valence-electron chi connectivity index (χ3n) is 4.56. The van der Waals surface area contributed by atoms with Crippen LogP contribution in [0.3, 0.4) is 0 Å². The molecule has 0 aromatic heterocycles. The number of ether oxygens (including phenoxy) is 1. The molecular weight excluding hydrogens is 198 g/mol. The van der Waals surface area contributed by atoms with Crippen molar-refractivity contribution < 1.29 is 4.74 Å². The fourth-order valence-corrected chi connectivity index (χ4v) is 3.48. The summed E-state index contributed by atoms with van der Waals surface area (Å²) in [5, 5.41) is 3.85. The third kappa shape index (κ3) is 3.21. The molecule has 0 heterocycles. The van der Waals surface area contributed by atoms with Crippen LogP contribution in [0.15, 0.2) is 0 Å². The van der Waals surface area contributed by atoms with Crippen LogP contribution in [0, 0.1) is 5.92 Å². The molecule has 2 rings (SSSR count). The highest BCUT2D eigenvalue weighted by Gasteiger charge is 2.26. The second-order valence-corrected chi connectivity index (χ2v) is 5.72. The number of methoxy groups -OCH3 is 1. The summed E-state index contributed by atoms with van der Waals surface area (Å²) in [5.74, 6) is 0.933. The Morgan fingerprint density at radius 2 is 1.81 bits per heavy atom. The normalized spacial score (nSPS) is 34.1. The van der Waals surface area contributed by atoms with Gasteiger partial charge in [0.15, 0.2) is 0 Å². The summed E-state index contributed by atoms with van der Waals surface area (Å²) in [6.45, 7) is 2.38. The molecule has 2 saturated carbocycles. The highest BCUT2D eigenvalue weighted by molar-refractivity contribution is 4.84. The van der Waals surface area contributed by atoms with E-state index in [0.717, 1.165) is 5.92 Å². The van der Waals surface area contributed by atoms with Crippen molar-refractivity contribution in [2.75, 3.05) is 7.11 Å². The SMILES string of the molecule is COC1CCCC(N[C@H](C)C2CCCC2)C1. The monoisotopic (exact) mass is 225 g/mol. The molecule has 0 aromatic rings. The quantitative estimate of drug-likeness (QED) is 0.794. The first-order valence-corrected chi connectivity index (χ1v) is 7.08. The predicted octanol–water partition coefficient (Wildman–Crippen LogP) is 3.11. The molecule has 0 spiro atoms. The third-order valence-corrected chi connectivity index (χ3v) is 4.56. The summed E-state index contributed by atoms with van der Waals surface area (Å²) in [6.07, 6.45) is 11.4. The Labute approximate surface area is 100 Å². The van der Waals surface area contributed by atoms with Gasteiger partial charge in [-0.25, -0.2) is 0 Å². The van der Waals surface area contributed by atoms with Crippen molar-refractivity contribution in [3.63, 3.8) is 0 Å². The van der Waals surface area contributed by atoms with Gasteiger partial charge in [-0.15, -0.1) is 0 Å². The number of hydrogen-bond acceptors (Lipinski definition) is 2. The maximum atomic E-state index is 5.49. The molecule has 3 atom stereocenters. The van der Waals surface area contributed by atoms with E-state index in [2.05, 4.69) is 12.2 Å². The zero-order valence-electron chi connectivity index (χ0n) is 10.9. The average Bonchev–Trinajstić information content (AvgIpc) is 2.83. The van der Waals surface area contributed by atoms with Gasteiger partial charge < -0.3 is 10.1 Å². The number of hydrogen-bond donors (Lipinski definition) is 1. The zero-order valence-corrected chi connectivity index (χ0v) is 10.9. The van der Waals surface area contributed by atoms with Crippen molar-refractivity contribution >= 4 is 0 Å². The van der Waals surface area contributed by atoms with Gasteiger partial charge in [-0.05, 0) is 51.4 Å². The highest BCUT2D eigenvalue weighted by atomic mass is 16.5. The summed E-state index contributed by atoms with van der Waals surface area (Å²) in [7, 11) is 1.85. The van der Waals surface area contributed by atoms with Crippen molar-refractivity contribution in [1.29, 1.82) is 0 Å². The molecule has 0 aromatic carbocycles. The number of rotatable bonds is 4. The molecule has 0 bridgehead atoms. The Morgan fingerprint density at radius 1 is 1.06 bits per heavy atom. The summed E-state index contributed by atoms with van der Waals surface area (Å²) in [5.41, 5.74) is 0. The minimum Gasteiger partial charge on any atom is -0.381 e. The molecule has 2 unspecified atom stereocenters. The first-order valence-electron chi connectivity index (χ1n) is 7.08. The predicted molar refractivity (Wildman–Crippen MR) is 67.6 cm³/mol. The van der Waals surface area contributed by atoms with Gasteiger partial charge in [-0.3, -0.25) is 0 Å². The van der Waals surface area contributed by atoms with Crippen molar-refractivity contribution in [3.8, 4) is 0 Å². The van der Waals surface area contributed by atoms with Crippen LogP contribution < -0.4 is 5.32 Å². The van der Waals surface area contributed by atoms with Crippen LogP contribution in [-0.4, -0.2) is 25.3 Å². The maximum absolute atomic E-state index is 5.49. The van der Waals surface area contributed by atoms with Gasteiger partial charge in [0, 0.05) is 19.2 Å². The van der Waals surface area contributed by atoms with Crippen molar-refractivity contribution in [2.24, 2.45) is 5.92 Å². The van der Waals surface area contributed by atoms with Crippen LogP contribution in [-0.2, 0) is 4.74 Å². The molecule has 94 valence electrons. The first kappa shape index (κ1) is 12.4. The molecule has 0 amide bonds. The lowest BCUT2D eigenvalue weighted by molar-refractivity contribution is 0.0558. The van der Waals surface area contributed by atoms with E-state index in [9.17, 15) is 0 Å². The van der Waals surface area contributed by atoms with Crippen LogP contribution in [0.2, 0.25) is 0 Å². The maximum Gasteiger partial charge on any atom is 0.0586 e. The molecule has 2 aliphatic rings. The van der Waals surface area contributed by atoms with Crippen molar-refractivity contribution in [3.05, 3.63) is 0 Å². The van der Waals surface area contributed by atoms with E-state index in [0.29, 0.717) is 18.2 Å². The van der Waals surface area contributed by atoms with E-state index in [1.54, 1.807) is 0 Å². The highest BCUT2D eigenvalue weighted by Crippen LogP contribution is 2.29. The molecule has 2 heteroatoms. The van der Waals surface area contributed by atoms with Crippen molar-refractivity contribution in [2.45, 2.75) is 76.5 Å². The van der Waals surface area contributed by atoms with Gasteiger partial charge in [0.2, 0.25) is 0 Å². The zero-order chi connectivity index (χ0) is 11.4. The van der Waals surface area contributed by atoms with Gasteiger partial charge in [0.05, 0.1) is 6.10 Å². The van der Waals surface area contributed by atoms with Crippen LogP contribution in [0.4, 0.5) is 0 Å². The topological polar surface area (TPSA) is 21.3 Å². The first-order chi connectivity index (χ1) is 7.79. The molecule has 2 nitrogen and oxygen atoms in total. The van der Waals surface area contributed by atoms with Crippen molar-refractivity contribution in [1.82, 2.24) is 5.32 Å². The molecule has 0 radical (unpaired) electrons. The fraction of sp³-hybridized carbons (Fsp3) is 1.00. The smallest absolute Gasteiger partial charge is 0.0586 e. The van der Waals surface area contributed by atoms with Gasteiger partial charge >= 0.3 is 0 Å². The molecule has 0 saturated heterocycles. The molecule has 0 aliphatic heterocycles. The van der Waals surface area contributed by atoms with Gasteiger partial charge in [-0.1, -0.05) is 12.8 Å². The van der Waals surface area contributed by atoms with Crippen LogP contribution in [0.5, 0.6) is 0 Å². The summed E-state index contributed by atoms with van der Waals surface area (Å²) < 4.78 is 5.49. The lowest BCUT2D eigenvalue weighted by Crippen LogP contribution is -2.44. The second kappa shape index (κ2) is 6.02. The van der Waals surface area contributed by atoms with E-state index in [1.807, 2.05) is 7.11 Å². The standard InChI is InChI=1S/C14H27NO/c1-11(12-6-3-4-7-12)15-13-8-5-9-14(10-13)16-2/h11-15H,3-10H2,1-2H3/t11-,13?,14?/m1/s1. The Kier molecular flexibility index (Phi) is 4.66. The molecular formula is C14H27NO. The van der Waals surface area contributed by atoms with Gasteiger partial charge in [0.1, 0.15) is 0 Å². The Balaban J connectivity index is 1.75. The average molecular weight is 225 g/mol. The lowest BCUT2D eigenvalue weighted by atomic mass is 9.90. The minimum atomic E-state index is 0.502. The van der Waals surface area contributed by atoms with Gasteiger partial charge in [0.25, 0.3) is 0 Å². The number of nitrogens with one attached hydrogen (secondary N) is 1. The van der Waals surface area contributed by atoms with E-state index < -0.39 is 0 Å². The molecule has 1 N–H and O–H groups in total. The summed E-state index contributed by atoms with van der Waals surface area (Å²) in [4.78, 5) is 0. The van der Waals surface area contributed by atoms with Crippen LogP contribution in [0.1, 0.15) is 58.3 Å². The minimum absolute atomic E-state index is 0.502. The van der Waals surface area contributed by atoms with E-state index in [1.165, 1.54) is 51.4 Å². The fourth-order valence-electron chi connectivity index (χ4n) is 3.48. The lowest BCUT2D eigenvalue weighted by Gasteiger charge is -2.33.